The molecule has 1 N–H and O–H groups in total. The van der Waals surface area contributed by atoms with Crippen LogP contribution in [0, 0.1) is 0 Å². The molecule has 128 valence electrons. The molecule has 0 aromatic heterocycles. The van der Waals surface area contributed by atoms with Gasteiger partial charge in [0.1, 0.15) is 5.88 Å². The quantitative estimate of drug-likeness (QED) is 0.426. The number of nitrogens with one attached hydrogen (secondary N) is 1. The van der Waals surface area contributed by atoms with Crippen molar-refractivity contribution < 1.29 is 4.79 Å². The van der Waals surface area contributed by atoms with Crippen molar-refractivity contribution in [3.63, 3.8) is 0 Å². The van der Waals surface area contributed by atoms with E-state index in [1.54, 1.807) is 0 Å². The van der Waals surface area contributed by atoms with E-state index in [1.165, 1.54) is 57.8 Å². The van der Waals surface area contributed by atoms with Crippen LogP contribution in [0.15, 0.2) is 0 Å². The first-order valence-corrected chi connectivity index (χ1v) is 9.01. The van der Waals surface area contributed by atoms with E-state index < -0.39 is 0 Å². The number of unbranched alkanes of at least 4 members (excludes halogenated alkanes) is 9. The molecule has 0 spiro atoms. The Morgan fingerprint density at radius 3 is 1.62 bits per heavy atom. The fourth-order valence-corrected chi connectivity index (χ4v) is 1.98. The molecule has 0 saturated heterocycles. The zero-order valence-corrected chi connectivity index (χ0v) is 15.5. The summed E-state index contributed by atoms with van der Waals surface area (Å²) in [7, 11) is 6.00. The first kappa shape index (κ1) is 23.0. The number of alkyl halides is 1. The molecule has 0 radical (unpaired) electrons. The normalized spacial score (nSPS) is 10.2. The number of hydrogen-bond acceptors (Lipinski definition) is 2. The Balaban J connectivity index is 0. The molecule has 0 aliphatic rings. The average Bonchev–Trinajstić information content (AvgIpc) is 2.43. The number of nitrogens with zero attached hydrogens (tertiary/aromatic N) is 1. The lowest BCUT2D eigenvalue weighted by molar-refractivity contribution is -0.118. The maximum atomic E-state index is 10.8. The number of carbonyl (C=O) groups excluding carboxylic acids is 1. The second kappa shape index (κ2) is 19.7. The Morgan fingerprint density at radius 1 is 0.857 bits per heavy atom. The molecule has 0 bridgehead atoms. The van der Waals surface area contributed by atoms with E-state index in [0.29, 0.717) is 0 Å². The Bertz CT molecular complexity index is 208. The van der Waals surface area contributed by atoms with Gasteiger partial charge in [-0.2, -0.15) is 0 Å². The van der Waals surface area contributed by atoms with E-state index in [4.69, 9.17) is 11.6 Å². The van der Waals surface area contributed by atoms with Crippen molar-refractivity contribution in [2.45, 2.75) is 71.1 Å². The third-order valence-electron chi connectivity index (χ3n) is 2.97. The van der Waals surface area contributed by atoms with Gasteiger partial charge in [-0.1, -0.05) is 64.7 Å². The number of carbonyl (C=O) groups is 1. The fourth-order valence-electron chi connectivity index (χ4n) is 1.89. The van der Waals surface area contributed by atoms with E-state index in [1.807, 2.05) is 26.0 Å². The minimum absolute atomic E-state index is 0.0532. The Kier molecular flexibility index (Phi) is 21.6. The molecule has 0 aromatic rings. The highest BCUT2D eigenvalue weighted by molar-refractivity contribution is 6.27. The van der Waals surface area contributed by atoms with E-state index >= 15 is 0 Å². The van der Waals surface area contributed by atoms with Gasteiger partial charge in [-0.3, -0.25) is 4.79 Å². The number of amides is 1. The molecular weight excluding hydrogens is 284 g/mol. The topological polar surface area (TPSA) is 32.3 Å². The molecule has 0 rings (SSSR count). The van der Waals surface area contributed by atoms with Crippen LogP contribution in [0.25, 0.3) is 0 Å². The van der Waals surface area contributed by atoms with Crippen molar-refractivity contribution >= 4 is 17.5 Å². The molecule has 3 nitrogen and oxygen atoms in total. The zero-order chi connectivity index (χ0) is 16.3. The Labute approximate surface area is 137 Å². The fraction of sp³-hybridized carbons (Fsp3) is 0.941. The second-order valence-electron chi connectivity index (χ2n) is 6.01. The highest BCUT2D eigenvalue weighted by Crippen LogP contribution is 2.10. The summed E-state index contributed by atoms with van der Waals surface area (Å²) in [5.41, 5.74) is 0. The maximum Gasteiger partial charge on any atom is 0.234 e. The van der Waals surface area contributed by atoms with Crippen LogP contribution < -0.4 is 5.32 Å². The van der Waals surface area contributed by atoms with Gasteiger partial charge in [0.2, 0.25) is 5.91 Å². The molecule has 0 saturated carbocycles. The van der Waals surface area contributed by atoms with Gasteiger partial charge in [0.15, 0.2) is 0 Å². The molecule has 0 atom stereocenters. The van der Waals surface area contributed by atoms with Crippen molar-refractivity contribution in [2.24, 2.45) is 0 Å². The van der Waals surface area contributed by atoms with Crippen molar-refractivity contribution in [1.82, 2.24) is 10.2 Å². The lowest BCUT2D eigenvalue weighted by atomic mass is 10.1. The van der Waals surface area contributed by atoms with E-state index in [0.717, 1.165) is 13.0 Å². The van der Waals surface area contributed by atoms with Gasteiger partial charge in [0, 0.05) is 6.54 Å². The molecule has 0 aromatic carbocycles. The van der Waals surface area contributed by atoms with Crippen molar-refractivity contribution in [2.75, 3.05) is 33.6 Å². The third kappa shape index (κ3) is 28.6. The van der Waals surface area contributed by atoms with Crippen molar-refractivity contribution in [1.29, 1.82) is 0 Å². The van der Waals surface area contributed by atoms with Gasteiger partial charge in [-0.15, -0.1) is 11.6 Å². The smallest absolute Gasteiger partial charge is 0.234 e. The first-order chi connectivity index (χ1) is 10.0. The molecule has 0 aliphatic heterocycles. The van der Waals surface area contributed by atoms with Crippen molar-refractivity contribution in [3.05, 3.63) is 0 Å². The van der Waals surface area contributed by atoms with Gasteiger partial charge < -0.3 is 10.2 Å². The lowest BCUT2D eigenvalue weighted by Gasteiger charge is -2.03. The Hall–Kier alpha value is -0.280. The minimum Gasteiger partial charge on any atom is -0.355 e. The highest BCUT2D eigenvalue weighted by Gasteiger charge is 1.96. The highest BCUT2D eigenvalue weighted by atomic mass is 35.5. The van der Waals surface area contributed by atoms with E-state index in [9.17, 15) is 4.79 Å². The first-order valence-electron chi connectivity index (χ1n) is 8.48. The number of hydrogen-bond donors (Lipinski definition) is 1. The van der Waals surface area contributed by atoms with Gasteiger partial charge in [0.25, 0.3) is 0 Å². The summed E-state index contributed by atoms with van der Waals surface area (Å²) < 4.78 is 0. The summed E-state index contributed by atoms with van der Waals surface area (Å²) in [4.78, 5) is 12.8. The van der Waals surface area contributed by atoms with Crippen LogP contribution in [0.5, 0.6) is 0 Å². The summed E-state index contributed by atoms with van der Waals surface area (Å²) in [6, 6.07) is 0. The molecule has 0 heterocycles. The third-order valence-corrected chi connectivity index (χ3v) is 3.22. The van der Waals surface area contributed by atoms with Crippen LogP contribution in [0.3, 0.4) is 0 Å². The number of halogens is 1. The molecule has 0 aliphatic carbocycles. The van der Waals surface area contributed by atoms with Crippen LogP contribution in [-0.2, 0) is 4.79 Å². The molecular formula is C17H37ClN2O. The Morgan fingerprint density at radius 2 is 1.24 bits per heavy atom. The zero-order valence-electron chi connectivity index (χ0n) is 14.7. The molecule has 0 unspecified atom stereocenters. The molecule has 0 fully saturated rings. The SMILES string of the molecule is CCCCCCCCCCCCNC(=O)CCl.CN(C)C. The van der Waals surface area contributed by atoms with E-state index in [-0.39, 0.29) is 11.8 Å². The monoisotopic (exact) mass is 320 g/mol. The minimum atomic E-state index is -0.0532. The molecule has 1 amide bonds. The van der Waals surface area contributed by atoms with Gasteiger partial charge in [0.05, 0.1) is 0 Å². The average molecular weight is 321 g/mol. The largest absolute Gasteiger partial charge is 0.355 e. The predicted molar refractivity (Wildman–Crippen MR) is 95.2 cm³/mol. The van der Waals surface area contributed by atoms with Gasteiger partial charge in [-0.25, -0.2) is 0 Å². The van der Waals surface area contributed by atoms with Crippen LogP contribution in [0.2, 0.25) is 0 Å². The summed E-state index contributed by atoms with van der Waals surface area (Å²) in [5.74, 6) is 0.0280. The van der Waals surface area contributed by atoms with Gasteiger partial charge >= 0.3 is 0 Å². The van der Waals surface area contributed by atoms with Crippen molar-refractivity contribution in [3.8, 4) is 0 Å². The summed E-state index contributed by atoms with van der Waals surface area (Å²) in [6.45, 7) is 3.03. The van der Waals surface area contributed by atoms with Gasteiger partial charge in [-0.05, 0) is 27.6 Å². The van der Waals surface area contributed by atoms with Crippen LogP contribution >= 0.6 is 11.6 Å². The van der Waals surface area contributed by atoms with Crippen LogP contribution in [0.4, 0.5) is 0 Å². The maximum absolute atomic E-state index is 10.8. The molecule has 21 heavy (non-hydrogen) atoms. The van der Waals surface area contributed by atoms with Crippen LogP contribution in [-0.4, -0.2) is 44.4 Å². The lowest BCUT2D eigenvalue weighted by Crippen LogP contribution is -2.25. The van der Waals surface area contributed by atoms with Crippen LogP contribution in [0.1, 0.15) is 71.1 Å². The summed E-state index contributed by atoms with van der Waals surface area (Å²) in [6.07, 6.45) is 13.2. The second-order valence-corrected chi connectivity index (χ2v) is 6.27. The van der Waals surface area contributed by atoms with E-state index in [2.05, 4.69) is 12.2 Å². The standard InChI is InChI=1S/C14H28ClNO.C3H9N/c1-2-3-4-5-6-7-8-9-10-11-12-16-14(17)13-15;1-4(2)3/h2-13H2,1H3,(H,16,17);1-3H3. The summed E-state index contributed by atoms with van der Waals surface area (Å²) >= 11 is 5.37. The predicted octanol–water partition coefficient (Wildman–Crippen LogP) is 4.44. The number of rotatable bonds is 12. The summed E-state index contributed by atoms with van der Waals surface area (Å²) in [5, 5.41) is 2.79. The molecule has 4 heteroatoms.